The smallest absolute Gasteiger partial charge is 0.322 e. The summed E-state index contributed by atoms with van der Waals surface area (Å²) in [7, 11) is 1.48. The van der Waals surface area contributed by atoms with Crippen molar-refractivity contribution in [1.29, 1.82) is 0 Å². The highest BCUT2D eigenvalue weighted by molar-refractivity contribution is 5.35. The zero-order chi connectivity index (χ0) is 13.7. The lowest BCUT2D eigenvalue weighted by molar-refractivity contribution is 0.379. The van der Waals surface area contributed by atoms with Gasteiger partial charge in [-0.3, -0.25) is 5.43 Å². The third-order valence-electron chi connectivity index (χ3n) is 2.39. The predicted molar refractivity (Wildman–Crippen MR) is 69.7 cm³/mol. The molecule has 0 saturated heterocycles. The SMILES string of the molecule is COc1nc(NN)nc(NC(C)Cc2ccco2)n1. The Morgan fingerprint density at radius 3 is 2.79 bits per heavy atom. The summed E-state index contributed by atoms with van der Waals surface area (Å²) in [5.74, 6) is 6.79. The highest BCUT2D eigenvalue weighted by Crippen LogP contribution is 2.12. The average molecular weight is 264 g/mol. The summed E-state index contributed by atoms with van der Waals surface area (Å²) in [6, 6.07) is 4.04. The lowest BCUT2D eigenvalue weighted by Crippen LogP contribution is -2.21. The molecule has 8 heteroatoms. The van der Waals surface area contributed by atoms with Crippen LogP contribution in [0.25, 0.3) is 0 Å². The van der Waals surface area contributed by atoms with E-state index in [2.05, 4.69) is 25.7 Å². The first-order valence-electron chi connectivity index (χ1n) is 5.77. The molecule has 0 saturated carbocycles. The van der Waals surface area contributed by atoms with Crippen LogP contribution in [0.15, 0.2) is 22.8 Å². The molecule has 2 rings (SSSR count). The summed E-state index contributed by atoms with van der Waals surface area (Å²) in [6.07, 6.45) is 2.36. The fraction of sp³-hybridized carbons (Fsp3) is 0.364. The van der Waals surface area contributed by atoms with Crippen LogP contribution >= 0.6 is 0 Å². The number of hydrogen-bond donors (Lipinski definition) is 3. The van der Waals surface area contributed by atoms with Gasteiger partial charge >= 0.3 is 6.01 Å². The quantitative estimate of drug-likeness (QED) is 0.519. The standard InChI is InChI=1S/C11H16N6O2/c1-7(6-8-4-3-5-19-8)13-9-14-10(17-12)16-11(15-9)18-2/h3-5,7H,6,12H2,1-2H3,(H2,13,14,15,16,17). The van der Waals surface area contributed by atoms with Gasteiger partial charge in [-0.2, -0.15) is 15.0 Å². The maximum Gasteiger partial charge on any atom is 0.322 e. The van der Waals surface area contributed by atoms with E-state index in [1.165, 1.54) is 7.11 Å². The minimum Gasteiger partial charge on any atom is -0.469 e. The number of anilines is 2. The molecule has 102 valence electrons. The minimum absolute atomic E-state index is 0.0869. The Hall–Kier alpha value is -2.35. The van der Waals surface area contributed by atoms with Crippen LogP contribution in [-0.2, 0) is 6.42 Å². The third kappa shape index (κ3) is 3.55. The monoisotopic (exact) mass is 264 g/mol. The molecule has 0 spiro atoms. The number of rotatable bonds is 6. The molecule has 0 fully saturated rings. The Morgan fingerprint density at radius 1 is 1.37 bits per heavy atom. The van der Waals surface area contributed by atoms with E-state index in [1.54, 1.807) is 6.26 Å². The number of nitrogens with two attached hydrogens (primary N) is 1. The Labute approximate surface area is 110 Å². The Morgan fingerprint density at radius 2 is 2.16 bits per heavy atom. The van der Waals surface area contributed by atoms with E-state index < -0.39 is 0 Å². The zero-order valence-corrected chi connectivity index (χ0v) is 10.8. The van der Waals surface area contributed by atoms with Gasteiger partial charge in [-0.25, -0.2) is 5.84 Å². The van der Waals surface area contributed by atoms with Gasteiger partial charge in [0.25, 0.3) is 0 Å². The van der Waals surface area contributed by atoms with E-state index in [1.807, 2.05) is 19.1 Å². The number of nitrogens with one attached hydrogen (secondary N) is 2. The van der Waals surface area contributed by atoms with Crippen LogP contribution in [0.3, 0.4) is 0 Å². The summed E-state index contributed by atoms with van der Waals surface area (Å²) in [4.78, 5) is 12.1. The largest absolute Gasteiger partial charge is 0.469 e. The summed E-state index contributed by atoms with van der Waals surface area (Å²) < 4.78 is 10.2. The summed E-state index contributed by atoms with van der Waals surface area (Å²) in [5.41, 5.74) is 2.36. The second-order valence-corrected chi connectivity index (χ2v) is 3.94. The van der Waals surface area contributed by atoms with Gasteiger partial charge < -0.3 is 14.5 Å². The van der Waals surface area contributed by atoms with Crippen LogP contribution in [-0.4, -0.2) is 28.1 Å². The number of hydrogen-bond acceptors (Lipinski definition) is 8. The lowest BCUT2D eigenvalue weighted by atomic mass is 10.2. The molecule has 8 nitrogen and oxygen atoms in total. The number of nitrogen functional groups attached to an aromatic ring is 1. The molecule has 0 aliphatic rings. The fourth-order valence-corrected chi connectivity index (χ4v) is 1.58. The Kier molecular flexibility index (Phi) is 4.14. The topological polar surface area (TPSA) is 111 Å². The first-order chi connectivity index (χ1) is 9.21. The van der Waals surface area contributed by atoms with Crippen molar-refractivity contribution in [1.82, 2.24) is 15.0 Å². The second kappa shape index (κ2) is 6.01. The molecule has 4 N–H and O–H groups in total. The van der Waals surface area contributed by atoms with E-state index in [9.17, 15) is 0 Å². The number of methoxy groups -OCH3 is 1. The normalized spacial score (nSPS) is 11.9. The second-order valence-electron chi connectivity index (χ2n) is 3.94. The first-order valence-corrected chi connectivity index (χ1v) is 5.77. The van der Waals surface area contributed by atoms with Crippen LogP contribution in [0.5, 0.6) is 6.01 Å². The van der Waals surface area contributed by atoms with Gasteiger partial charge in [0.2, 0.25) is 11.9 Å². The molecule has 2 aromatic rings. The molecule has 1 atom stereocenters. The number of ether oxygens (including phenoxy) is 1. The van der Waals surface area contributed by atoms with Gasteiger partial charge in [0.15, 0.2) is 0 Å². The maximum atomic E-state index is 5.28. The van der Waals surface area contributed by atoms with E-state index in [4.69, 9.17) is 15.0 Å². The minimum atomic E-state index is 0.0869. The van der Waals surface area contributed by atoms with Crippen molar-refractivity contribution in [2.24, 2.45) is 5.84 Å². The molecule has 1 unspecified atom stereocenters. The summed E-state index contributed by atoms with van der Waals surface area (Å²) in [6.45, 7) is 1.99. The molecule has 0 aromatic carbocycles. The van der Waals surface area contributed by atoms with Crippen LogP contribution in [0.4, 0.5) is 11.9 Å². The summed E-state index contributed by atoms with van der Waals surface area (Å²) >= 11 is 0. The Bertz CT molecular complexity index is 494. The van der Waals surface area contributed by atoms with Gasteiger partial charge in [-0.1, -0.05) is 0 Å². The third-order valence-corrected chi connectivity index (χ3v) is 2.39. The van der Waals surface area contributed by atoms with Gasteiger partial charge in [0.05, 0.1) is 13.4 Å². The molecule has 0 aliphatic carbocycles. The average Bonchev–Trinajstić information content (AvgIpc) is 2.90. The van der Waals surface area contributed by atoms with Crippen LogP contribution in [0.1, 0.15) is 12.7 Å². The summed E-state index contributed by atoms with van der Waals surface area (Å²) in [5, 5.41) is 3.13. The van der Waals surface area contributed by atoms with E-state index in [0.717, 1.165) is 5.76 Å². The fourth-order valence-electron chi connectivity index (χ4n) is 1.58. The first kappa shape index (κ1) is 13.1. The molecule has 0 radical (unpaired) electrons. The van der Waals surface area contributed by atoms with Crippen molar-refractivity contribution in [3.8, 4) is 6.01 Å². The van der Waals surface area contributed by atoms with Crippen molar-refractivity contribution < 1.29 is 9.15 Å². The van der Waals surface area contributed by atoms with Gasteiger partial charge in [-0.05, 0) is 19.1 Å². The van der Waals surface area contributed by atoms with E-state index in [-0.39, 0.29) is 18.0 Å². The van der Waals surface area contributed by atoms with Crippen molar-refractivity contribution >= 4 is 11.9 Å². The van der Waals surface area contributed by atoms with Crippen molar-refractivity contribution in [3.63, 3.8) is 0 Å². The number of aromatic nitrogens is 3. The van der Waals surface area contributed by atoms with Crippen molar-refractivity contribution in [2.75, 3.05) is 17.9 Å². The maximum absolute atomic E-state index is 5.28. The highest BCUT2D eigenvalue weighted by Gasteiger charge is 2.10. The lowest BCUT2D eigenvalue weighted by Gasteiger charge is -2.13. The van der Waals surface area contributed by atoms with Crippen molar-refractivity contribution in [2.45, 2.75) is 19.4 Å². The van der Waals surface area contributed by atoms with Gasteiger partial charge in [0.1, 0.15) is 5.76 Å². The molecule has 2 heterocycles. The predicted octanol–water partition coefficient (Wildman–Crippen LogP) is 0.802. The molecular formula is C11H16N6O2. The number of furan rings is 1. The Balaban J connectivity index is 2.05. The molecule has 2 aromatic heterocycles. The van der Waals surface area contributed by atoms with Gasteiger partial charge in [0, 0.05) is 12.5 Å². The van der Waals surface area contributed by atoms with E-state index in [0.29, 0.717) is 12.4 Å². The zero-order valence-electron chi connectivity index (χ0n) is 10.8. The van der Waals surface area contributed by atoms with Crippen LogP contribution in [0, 0.1) is 0 Å². The highest BCUT2D eigenvalue weighted by atomic mass is 16.5. The molecular weight excluding hydrogens is 248 g/mol. The molecule has 19 heavy (non-hydrogen) atoms. The number of hydrazine groups is 1. The molecule has 0 aliphatic heterocycles. The van der Waals surface area contributed by atoms with E-state index >= 15 is 0 Å². The molecule has 0 amide bonds. The van der Waals surface area contributed by atoms with Crippen molar-refractivity contribution in [3.05, 3.63) is 24.2 Å². The van der Waals surface area contributed by atoms with Gasteiger partial charge in [-0.15, -0.1) is 0 Å². The van der Waals surface area contributed by atoms with Crippen LogP contribution < -0.4 is 21.3 Å². The molecule has 0 bridgehead atoms. The van der Waals surface area contributed by atoms with Crippen LogP contribution in [0.2, 0.25) is 0 Å². The number of nitrogens with zero attached hydrogens (tertiary/aromatic N) is 3.